The number of ether oxygens (including phenoxy) is 1. The third-order valence-corrected chi connectivity index (χ3v) is 5.02. The molecule has 0 aliphatic heterocycles. The van der Waals surface area contributed by atoms with Gasteiger partial charge in [0.05, 0.1) is 6.61 Å². The van der Waals surface area contributed by atoms with E-state index in [4.69, 9.17) is 16.3 Å². The number of halogens is 2. The van der Waals surface area contributed by atoms with Gasteiger partial charge in [0.1, 0.15) is 17.6 Å². The lowest BCUT2D eigenvalue weighted by Gasteiger charge is -2.29. The number of hydrogen-bond acceptors (Lipinski definition) is 3. The summed E-state index contributed by atoms with van der Waals surface area (Å²) in [6.45, 7) is 6.54. The lowest BCUT2D eigenvalue weighted by molar-refractivity contribution is -0.140. The fraction of sp³-hybridized carbons (Fsp3) is 0.417. The first-order valence-corrected chi connectivity index (χ1v) is 10.8. The van der Waals surface area contributed by atoms with Gasteiger partial charge in [-0.05, 0) is 49.6 Å². The third kappa shape index (κ3) is 8.21. The molecular formula is C24H30ClFN2O3. The molecule has 0 aliphatic rings. The lowest BCUT2D eigenvalue weighted by Crippen LogP contribution is -2.48. The number of nitrogens with zero attached hydrogens (tertiary/aromatic N) is 1. The van der Waals surface area contributed by atoms with Crippen molar-refractivity contribution in [1.82, 2.24) is 10.2 Å². The van der Waals surface area contributed by atoms with Crippen LogP contribution >= 0.6 is 11.6 Å². The van der Waals surface area contributed by atoms with Gasteiger partial charge in [0, 0.05) is 30.1 Å². The number of benzene rings is 2. The van der Waals surface area contributed by atoms with Gasteiger partial charge < -0.3 is 15.0 Å². The molecule has 1 atom stereocenters. The van der Waals surface area contributed by atoms with Crippen molar-refractivity contribution in [2.24, 2.45) is 5.92 Å². The van der Waals surface area contributed by atoms with E-state index in [0.29, 0.717) is 35.9 Å². The summed E-state index contributed by atoms with van der Waals surface area (Å²) in [5.74, 6) is 0.0745. The highest BCUT2D eigenvalue weighted by Crippen LogP contribution is 2.17. The SMILES string of the molecule is CC(C)CNC(=O)[C@@H](C)N(Cc1ccccc1F)C(=O)CCCOc1ccc(Cl)cc1. The van der Waals surface area contributed by atoms with E-state index in [1.165, 1.54) is 11.0 Å². The van der Waals surface area contributed by atoms with Gasteiger partial charge in [-0.25, -0.2) is 4.39 Å². The zero-order valence-corrected chi connectivity index (χ0v) is 19.0. The van der Waals surface area contributed by atoms with Crippen molar-refractivity contribution in [3.8, 4) is 5.75 Å². The second-order valence-electron chi connectivity index (χ2n) is 7.83. The number of hydrogen-bond donors (Lipinski definition) is 1. The first kappa shape index (κ1) is 24.7. The summed E-state index contributed by atoms with van der Waals surface area (Å²) in [7, 11) is 0. The Labute approximate surface area is 188 Å². The molecule has 0 fully saturated rings. The number of rotatable bonds is 11. The van der Waals surface area contributed by atoms with Gasteiger partial charge >= 0.3 is 0 Å². The van der Waals surface area contributed by atoms with Crippen LogP contribution < -0.4 is 10.1 Å². The summed E-state index contributed by atoms with van der Waals surface area (Å²) in [6.07, 6.45) is 0.652. The average Bonchev–Trinajstić information content (AvgIpc) is 2.75. The standard InChI is InChI=1S/C24H30ClFN2O3/c1-17(2)15-27-24(30)18(3)28(16-19-7-4-5-8-22(19)26)23(29)9-6-14-31-21-12-10-20(25)11-13-21/h4-5,7-8,10-13,17-18H,6,9,14-16H2,1-3H3,(H,27,30)/t18-/m1/s1. The van der Waals surface area contributed by atoms with Gasteiger partial charge in [0.2, 0.25) is 11.8 Å². The Morgan fingerprint density at radius 1 is 1.10 bits per heavy atom. The Morgan fingerprint density at radius 3 is 2.42 bits per heavy atom. The van der Waals surface area contributed by atoms with Crippen molar-refractivity contribution in [2.75, 3.05) is 13.2 Å². The maximum absolute atomic E-state index is 14.2. The normalized spacial score (nSPS) is 11.8. The molecule has 0 radical (unpaired) electrons. The quantitative estimate of drug-likeness (QED) is 0.501. The van der Waals surface area contributed by atoms with Crippen LogP contribution in [0.5, 0.6) is 5.75 Å². The largest absolute Gasteiger partial charge is 0.494 e. The summed E-state index contributed by atoms with van der Waals surface area (Å²) in [5.41, 5.74) is 0.372. The van der Waals surface area contributed by atoms with Crippen molar-refractivity contribution in [3.05, 3.63) is 64.9 Å². The van der Waals surface area contributed by atoms with E-state index in [0.717, 1.165) is 0 Å². The number of carbonyl (C=O) groups is 2. The van der Waals surface area contributed by atoms with Crippen LogP contribution in [0.2, 0.25) is 5.02 Å². The van der Waals surface area contributed by atoms with Crippen molar-refractivity contribution < 1.29 is 18.7 Å². The van der Waals surface area contributed by atoms with Crippen LogP contribution in [0.25, 0.3) is 0 Å². The van der Waals surface area contributed by atoms with E-state index < -0.39 is 11.9 Å². The van der Waals surface area contributed by atoms with Gasteiger partial charge in [0.25, 0.3) is 0 Å². The van der Waals surface area contributed by atoms with E-state index >= 15 is 0 Å². The first-order valence-electron chi connectivity index (χ1n) is 10.5. The molecule has 7 heteroatoms. The predicted octanol–water partition coefficient (Wildman–Crippen LogP) is 4.83. The monoisotopic (exact) mass is 448 g/mol. The molecule has 2 amide bonds. The minimum Gasteiger partial charge on any atom is -0.494 e. The van der Waals surface area contributed by atoms with Crippen LogP contribution in [-0.2, 0) is 16.1 Å². The molecule has 0 spiro atoms. The Morgan fingerprint density at radius 2 is 1.77 bits per heavy atom. The molecule has 0 heterocycles. The van der Waals surface area contributed by atoms with E-state index in [1.54, 1.807) is 49.4 Å². The number of carbonyl (C=O) groups excluding carboxylic acids is 2. The van der Waals surface area contributed by atoms with E-state index in [-0.39, 0.29) is 30.7 Å². The van der Waals surface area contributed by atoms with Crippen molar-refractivity contribution in [3.63, 3.8) is 0 Å². The molecule has 2 rings (SSSR count). The molecule has 0 aromatic heterocycles. The summed E-state index contributed by atoms with van der Waals surface area (Å²) in [5, 5.41) is 3.47. The molecule has 0 bridgehead atoms. The zero-order valence-electron chi connectivity index (χ0n) is 18.2. The Bertz CT molecular complexity index is 858. The van der Waals surface area contributed by atoms with Crippen LogP contribution in [-0.4, -0.2) is 35.9 Å². The van der Waals surface area contributed by atoms with Crippen LogP contribution in [0.15, 0.2) is 48.5 Å². The third-order valence-electron chi connectivity index (χ3n) is 4.77. The van der Waals surface area contributed by atoms with Crippen LogP contribution in [0.4, 0.5) is 4.39 Å². The summed E-state index contributed by atoms with van der Waals surface area (Å²) < 4.78 is 19.8. The molecule has 1 N–H and O–H groups in total. The maximum atomic E-state index is 14.2. The fourth-order valence-electron chi connectivity index (χ4n) is 2.93. The molecular weight excluding hydrogens is 419 g/mol. The molecule has 31 heavy (non-hydrogen) atoms. The maximum Gasteiger partial charge on any atom is 0.242 e. The van der Waals surface area contributed by atoms with E-state index in [9.17, 15) is 14.0 Å². The van der Waals surface area contributed by atoms with Crippen LogP contribution in [0.3, 0.4) is 0 Å². The minimum absolute atomic E-state index is 0.0276. The molecule has 168 valence electrons. The minimum atomic E-state index is -0.719. The number of amides is 2. The molecule has 0 unspecified atom stereocenters. The Hall–Kier alpha value is -2.60. The molecule has 0 saturated carbocycles. The molecule has 2 aromatic rings. The predicted molar refractivity (Wildman–Crippen MR) is 120 cm³/mol. The van der Waals surface area contributed by atoms with E-state index in [1.807, 2.05) is 13.8 Å². The highest BCUT2D eigenvalue weighted by Gasteiger charge is 2.26. The summed E-state index contributed by atoms with van der Waals surface area (Å²) in [6, 6.07) is 12.5. The van der Waals surface area contributed by atoms with Gasteiger partial charge in [-0.1, -0.05) is 43.6 Å². The first-order chi connectivity index (χ1) is 14.8. The second kappa shape index (κ2) is 12.3. The molecule has 5 nitrogen and oxygen atoms in total. The fourth-order valence-corrected chi connectivity index (χ4v) is 3.06. The molecule has 2 aromatic carbocycles. The average molecular weight is 449 g/mol. The zero-order chi connectivity index (χ0) is 22.8. The molecule has 0 saturated heterocycles. The second-order valence-corrected chi connectivity index (χ2v) is 8.27. The highest BCUT2D eigenvalue weighted by atomic mass is 35.5. The lowest BCUT2D eigenvalue weighted by atomic mass is 10.1. The Balaban J connectivity index is 2.00. The summed E-state index contributed by atoms with van der Waals surface area (Å²) in [4.78, 5) is 27.0. The van der Waals surface area contributed by atoms with Crippen molar-refractivity contribution in [2.45, 2.75) is 46.2 Å². The highest BCUT2D eigenvalue weighted by molar-refractivity contribution is 6.30. The van der Waals surface area contributed by atoms with Crippen molar-refractivity contribution >= 4 is 23.4 Å². The van der Waals surface area contributed by atoms with Crippen LogP contribution in [0.1, 0.15) is 39.2 Å². The van der Waals surface area contributed by atoms with Crippen LogP contribution in [0, 0.1) is 11.7 Å². The number of nitrogens with one attached hydrogen (secondary N) is 1. The van der Waals surface area contributed by atoms with Gasteiger partial charge in [0.15, 0.2) is 0 Å². The van der Waals surface area contributed by atoms with Gasteiger partial charge in [-0.15, -0.1) is 0 Å². The molecule has 0 aliphatic carbocycles. The van der Waals surface area contributed by atoms with Crippen molar-refractivity contribution in [1.29, 1.82) is 0 Å². The topological polar surface area (TPSA) is 58.6 Å². The van der Waals surface area contributed by atoms with Gasteiger partial charge in [-0.2, -0.15) is 0 Å². The Kier molecular flexibility index (Phi) is 9.79. The smallest absolute Gasteiger partial charge is 0.242 e. The van der Waals surface area contributed by atoms with Gasteiger partial charge in [-0.3, -0.25) is 9.59 Å². The van der Waals surface area contributed by atoms with E-state index in [2.05, 4.69) is 5.32 Å². The summed E-state index contributed by atoms with van der Waals surface area (Å²) >= 11 is 5.86.